The third-order valence-electron chi connectivity index (χ3n) is 3.08. The van der Waals surface area contributed by atoms with E-state index < -0.39 is 0 Å². The minimum absolute atomic E-state index is 0.222. The molecule has 0 spiro atoms. The predicted molar refractivity (Wildman–Crippen MR) is 77.6 cm³/mol. The van der Waals surface area contributed by atoms with Gasteiger partial charge in [0.05, 0.1) is 0 Å². The molecular formula is C15H20N4. The zero-order chi connectivity index (χ0) is 13.5. The first-order valence-corrected chi connectivity index (χ1v) is 6.64. The van der Waals surface area contributed by atoms with E-state index in [1.165, 1.54) is 5.56 Å². The van der Waals surface area contributed by atoms with Gasteiger partial charge >= 0.3 is 0 Å². The lowest BCUT2D eigenvalue weighted by Crippen LogP contribution is -2.24. The zero-order valence-electron chi connectivity index (χ0n) is 11.2. The molecule has 2 rings (SSSR count). The molecule has 0 saturated heterocycles. The summed E-state index contributed by atoms with van der Waals surface area (Å²) in [6, 6.07) is 8.22. The second-order valence-electron chi connectivity index (χ2n) is 4.54. The fourth-order valence-corrected chi connectivity index (χ4v) is 2.05. The molecule has 0 amide bonds. The van der Waals surface area contributed by atoms with Gasteiger partial charge in [0.1, 0.15) is 5.82 Å². The van der Waals surface area contributed by atoms with Gasteiger partial charge in [0.2, 0.25) is 0 Å². The number of rotatable bonds is 6. The Morgan fingerprint density at radius 1 is 1.26 bits per heavy atom. The second kappa shape index (κ2) is 6.85. The van der Waals surface area contributed by atoms with E-state index in [0.29, 0.717) is 5.82 Å². The molecule has 0 bridgehead atoms. The van der Waals surface area contributed by atoms with Crippen LogP contribution in [0.2, 0.25) is 0 Å². The lowest BCUT2D eigenvalue weighted by atomic mass is 10.0. The van der Waals surface area contributed by atoms with Gasteiger partial charge in [-0.2, -0.15) is 0 Å². The number of nitrogens with two attached hydrogens (primary N) is 1. The monoisotopic (exact) mass is 256 g/mol. The average molecular weight is 256 g/mol. The highest BCUT2D eigenvalue weighted by Crippen LogP contribution is 2.20. The van der Waals surface area contributed by atoms with E-state index in [-0.39, 0.29) is 6.04 Å². The number of hydrogen-bond acceptors (Lipinski definition) is 4. The summed E-state index contributed by atoms with van der Waals surface area (Å²) in [7, 11) is 0. The van der Waals surface area contributed by atoms with Gasteiger partial charge in [0.25, 0.3) is 0 Å². The molecule has 0 fully saturated rings. The van der Waals surface area contributed by atoms with Crippen molar-refractivity contribution in [2.45, 2.75) is 25.8 Å². The normalized spacial score (nSPS) is 12.3. The summed E-state index contributed by atoms with van der Waals surface area (Å²) in [6.45, 7) is 3.13. The van der Waals surface area contributed by atoms with E-state index in [0.717, 1.165) is 24.9 Å². The Morgan fingerprint density at radius 2 is 2.11 bits per heavy atom. The van der Waals surface area contributed by atoms with Crippen molar-refractivity contribution < 1.29 is 0 Å². The lowest BCUT2D eigenvalue weighted by Gasteiger charge is -2.19. The summed E-state index contributed by atoms with van der Waals surface area (Å²) in [5.74, 6) is 0.606. The molecule has 4 heteroatoms. The largest absolute Gasteiger partial charge is 0.383 e. The topological polar surface area (TPSA) is 63.8 Å². The van der Waals surface area contributed by atoms with Crippen LogP contribution in [-0.4, -0.2) is 16.5 Å². The van der Waals surface area contributed by atoms with E-state index in [1.54, 1.807) is 12.4 Å². The van der Waals surface area contributed by atoms with Crippen LogP contribution in [0, 0.1) is 0 Å². The fraction of sp³-hybridized carbons (Fsp3) is 0.333. The van der Waals surface area contributed by atoms with Crippen molar-refractivity contribution in [2.24, 2.45) is 0 Å². The molecular weight excluding hydrogens is 236 g/mol. The highest BCUT2D eigenvalue weighted by atomic mass is 14.9. The molecule has 1 unspecified atom stereocenters. The minimum atomic E-state index is 0.222. The Balaban J connectivity index is 2.17. The maximum absolute atomic E-state index is 5.92. The third kappa shape index (κ3) is 3.76. The third-order valence-corrected chi connectivity index (χ3v) is 3.08. The summed E-state index contributed by atoms with van der Waals surface area (Å²) in [5, 5.41) is 3.54. The summed E-state index contributed by atoms with van der Waals surface area (Å²) < 4.78 is 0. The van der Waals surface area contributed by atoms with Crippen molar-refractivity contribution in [2.75, 3.05) is 12.3 Å². The van der Waals surface area contributed by atoms with Crippen molar-refractivity contribution in [1.82, 2.24) is 15.3 Å². The van der Waals surface area contributed by atoms with E-state index in [1.807, 2.05) is 24.4 Å². The first-order chi connectivity index (χ1) is 9.31. The highest BCUT2D eigenvalue weighted by molar-refractivity contribution is 5.39. The number of hydrogen-bond donors (Lipinski definition) is 2. The predicted octanol–water partition coefficient (Wildman–Crippen LogP) is 2.34. The van der Waals surface area contributed by atoms with Crippen LogP contribution in [-0.2, 0) is 6.42 Å². The Bertz CT molecular complexity index is 499. The molecule has 2 heterocycles. The molecule has 0 aromatic carbocycles. The Morgan fingerprint density at radius 3 is 2.79 bits per heavy atom. The van der Waals surface area contributed by atoms with Crippen molar-refractivity contribution in [1.29, 1.82) is 0 Å². The summed E-state index contributed by atoms with van der Waals surface area (Å²) in [4.78, 5) is 8.33. The van der Waals surface area contributed by atoms with E-state index >= 15 is 0 Å². The van der Waals surface area contributed by atoms with Crippen LogP contribution in [0.5, 0.6) is 0 Å². The van der Waals surface area contributed by atoms with Gasteiger partial charge < -0.3 is 11.1 Å². The lowest BCUT2D eigenvalue weighted by molar-refractivity contribution is 0.528. The molecule has 4 nitrogen and oxygen atoms in total. The van der Waals surface area contributed by atoms with Gasteiger partial charge in [0.15, 0.2) is 0 Å². The number of anilines is 1. The number of pyridine rings is 2. The van der Waals surface area contributed by atoms with Gasteiger partial charge in [-0.3, -0.25) is 4.98 Å². The summed E-state index contributed by atoms with van der Waals surface area (Å²) >= 11 is 0. The first kappa shape index (κ1) is 13.5. The Kier molecular flexibility index (Phi) is 4.86. The van der Waals surface area contributed by atoms with Crippen LogP contribution >= 0.6 is 0 Å². The van der Waals surface area contributed by atoms with Gasteiger partial charge in [-0.05, 0) is 42.6 Å². The van der Waals surface area contributed by atoms with Crippen LogP contribution in [0.1, 0.15) is 30.5 Å². The molecule has 0 saturated carbocycles. The van der Waals surface area contributed by atoms with Crippen molar-refractivity contribution in [3.8, 4) is 0 Å². The fourth-order valence-electron chi connectivity index (χ4n) is 2.05. The van der Waals surface area contributed by atoms with Crippen LogP contribution in [0.15, 0.2) is 42.9 Å². The Hall–Kier alpha value is -1.94. The molecule has 2 aromatic rings. The van der Waals surface area contributed by atoms with Crippen LogP contribution in [0.4, 0.5) is 5.82 Å². The van der Waals surface area contributed by atoms with E-state index in [4.69, 9.17) is 5.73 Å². The SMILES string of the molecule is CCCNC(Cc1cccnc1N)c1cccnc1. The van der Waals surface area contributed by atoms with Crippen LogP contribution < -0.4 is 11.1 Å². The molecule has 0 aliphatic rings. The summed E-state index contributed by atoms with van der Waals surface area (Å²) in [6.07, 6.45) is 7.33. The zero-order valence-corrected chi connectivity index (χ0v) is 11.2. The van der Waals surface area contributed by atoms with Crippen molar-refractivity contribution in [3.63, 3.8) is 0 Å². The molecule has 100 valence electrons. The summed E-state index contributed by atoms with van der Waals surface area (Å²) in [5.41, 5.74) is 8.17. The molecule has 2 aromatic heterocycles. The number of nitrogens with zero attached hydrogens (tertiary/aromatic N) is 2. The minimum Gasteiger partial charge on any atom is -0.383 e. The first-order valence-electron chi connectivity index (χ1n) is 6.64. The van der Waals surface area contributed by atoms with Gasteiger partial charge in [-0.1, -0.05) is 19.1 Å². The van der Waals surface area contributed by atoms with Crippen LogP contribution in [0.25, 0.3) is 0 Å². The van der Waals surface area contributed by atoms with Crippen molar-refractivity contribution in [3.05, 3.63) is 54.0 Å². The van der Waals surface area contributed by atoms with Gasteiger partial charge in [-0.15, -0.1) is 0 Å². The van der Waals surface area contributed by atoms with E-state index in [9.17, 15) is 0 Å². The molecule has 0 aliphatic heterocycles. The number of aromatic nitrogens is 2. The quantitative estimate of drug-likeness (QED) is 0.832. The maximum Gasteiger partial charge on any atom is 0.126 e. The maximum atomic E-state index is 5.92. The second-order valence-corrected chi connectivity index (χ2v) is 4.54. The molecule has 19 heavy (non-hydrogen) atoms. The smallest absolute Gasteiger partial charge is 0.126 e. The standard InChI is InChI=1S/C15H20N4/c1-2-7-18-14(13-6-3-8-17-11-13)10-12-5-4-9-19-15(12)16/h3-6,8-9,11,14,18H,2,7,10H2,1H3,(H2,16,19). The molecule has 0 aliphatic carbocycles. The average Bonchev–Trinajstić information content (AvgIpc) is 2.46. The molecule has 0 radical (unpaired) electrons. The number of nitrogen functional groups attached to an aromatic ring is 1. The van der Waals surface area contributed by atoms with Gasteiger partial charge in [0, 0.05) is 24.6 Å². The van der Waals surface area contributed by atoms with Crippen LogP contribution in [0.3, 0.4) is 0 Å². The van der Waals surface area contributed by atoms with Gasteiger partial charge in [-0.25, -0.2) is 4.98 Å². The Labute approximate surface area is 114 Å². The molecule has 1 atom stereocenters. The van der Waals surface area contributed by atoms with Crippen molar-refractivity contribution >= 4 is 5.82 Å². The number of nitrogens with one attached hydrogen (secondary N) is 1. The highest BCUT2D eigenvalue weighted by Gasteiger charge is 2.13. The van der Waals surface area contributed by atoms with E-state index in [2.05, 4.69) is 28.3 Å². The molecule has 3 N–H and O–H groups in total.